The van der Waals surface area contributed by atoms with Crippen LogP contribution in [0.25, 0.3) is 20.8 Å². The molecule has 0 aliphatic carbocycles. The van der Waals surface area contributed by atoms with Crippen molar-refractivity contribution in [3.05, 3.63) is 24.3 Å². The van der Waals surface area contributed by atoms with Crippen molar-refractivity contribution in [3.63, 3.8) is 0 Å². The van der Waals surface area contributed by atoms with Crippen LogP contribution in [0.5, 0.6) is 0 Å². The summed E-state index contributed by atoms with van der Waals surface area (Å²) in [6.45, 7) is 11.9. The molecule has 4 rings (SSSR count). The number of nitrogens with two attached hydrogens (primary N) is 1. The molecular formula is C21H26N8S3. The zero-order valence-electron chi connectivity index (χ0n) is 18.6. The standard InChI is InChI=1S/C21H26N8S3/c1-5-28(6-2)20-24-15(16-17(22)25-21(31-16)29(7-3)8-4)18(32-20)26-27-19-23-13-11-9-10-12-14(13)30-19/h9-12H,5-8,22H2,1-4H3/b27-26+. The van der Waals surface area contributed by atoms with Gasteiger partial charge in [0.2, 0.25) is 5.13 Å². The van der Waals surface area contributed by atoms with Gasteiger partial charge in [-0.25, -0.2) is 15.0 Å². The van der Waals surface area contributed by atoms with E-state index in [1.165, 1.54) is 22.7 Å². The molecule has 0 aliphatic rings. The Kier molecular flexibility index (Phi) is 6.97. The molecule has 32 heavy (non-hydrogen) atoms. The molecule has 168 valence electrons. The van der Waals surface area contributed by atoms with Crippen LogP contribution in [-0.4, -0.2) is 41.1 Å². The summed E-state index contributed by atoms with van der Waals surface area (Å²) < 4.78 is 1.09. The summed E-state index contributed by atoms with van der Waals surface area (Å²) >= 11 is 4.59. The molecule has 0 unspecified atom stereocenters. The maximum Gasteiger partial charge on any atom is 0.231 e. The minimum atomic E-state index is 0.477. The van der Waals surface area contributed by atoms with E-state index in [0.717, 1.165) is 57.2 Å². The lowest BCUT2D eigenvalue weighted by atomic mass is 10.3. The Morgan fingerprint density at radius 1 is 0.812 bits per heavy atom. The molecule has 0 fully saturated rings. The summed E-state index contributed by atoms with van der Waals surface area (Å²) in [6.07, 6.45) is 0. The van der Waals surface area contributed by atoms with Crippen molar-refractivity contribution in [2.75, 3.05) is 41.7 Å². The van der Waals surface area contributed by atoms with Crippen LogP contribution in [0.4, 0.5) is 26.2 Å². The number of hydrogen-bond acceptors (Lipinski definition) is 11. The van der Waals surface area contributed by atoms with E-state index in [-0.39, 0.29) is 0 Å². The normalized spacial score (nSPS) is 11.6. The summed E-state index contributed by atoms with van der Waals surface area (Å²) in [5, 5.41) is 12.1. The zero-order chi connectivity index (χ0) is 22.7. The highest BCUT2D eigenvalue weighted by Gasteiger charge is 2.22. The first-order valence-corrected chi connectivity index (χ1v) is 13.1. The van der Waals surface area contributed by atoms with E-state index in [2.05, 4.69) is 57.7 Å². The number of anilines is 3. The van der Waals surface area contributed by atoms with Gasteiger partial charge in [0.15, 0.2) is 15.3 Å². The summed E-state index contributed by atoms with van der Waals surface area (Å²) in [4.78, 5) is 19.3. The minimum Gasteiger partial charge on any atom is -0.382 e. The lowest BCUT2D eigenvalue weighted by Gasteiger charge is -2.16. The van der Waals surface area contributed by atoms with Crippen molar-refractivity contribution in [2.45, 2.75) is 27.7 Å². The van der Waals surface area contributed by atoms with Crippen molar-refractivity contribution in [2.24, 2.45) is 10.2 Å². The molecular weight excluding hydrogens is 460 g/mol. The quantitative estimate of drug-likeness (QED) is 0.269. The molecule has 4 aromatic rings. The predicted octanol–water partition coefficient (Wildman–Crippen LogP) is 6.57. The molecule has 0 spiro atoms. The molecule has 0 saturated heterocycles. The third-order valence-corrected chi connectivity index (χ3v) is 8.09. The van der Waals surface area contributed by atoms with E-state index in [1.54, 1.807) is 11.3 Å². The number of nitrogens with zero attached hydrogens (tertiary/aromatic N) is 7. The third kappa shape index (κ3) is 4.45. The Hall–Kier alpha value is -2.63. The topological polar surface area (TPSA) is 95.9 Å². The highest BCUT2D eigenvalue weighted by Crippen LogP contribution is 2.46. The highest BCUT2D eigenvalue weighted by molar-refractivity contribution is 7.22. The van der Waals surface area contributed by atoms with Gasteiger partial charge >= 0.3 is 0 Å². The first kappa shape index (κ1) is 22.6. The molecule has 3 heterocycles. The summed E-state index contributed by atoms with van der Waals surface area (Å²) in [7, 11) is 0. The average molecular weight is 487 g/mol. The average Bonchev–Trinajstić information content (AvgIpc) is 3.50. The fourth-order valence-electron chi connectivity index (χ4n) is 3.26. The summed E-state index contributed by atoms with van der Waals surface area (Å²) in [5.41, 5.74) is 8.00. The van der Waals surface area contributed by atoms with Gasteiger partial charge in [-0.2, -0.15) is 0 Å². The maximum absolute atomic E-state index is 6.34. The van der Waals surface area contributed by atoms with Crippen LogP contribution in [0.3, 0.4) is 0 Å². The van der Waals surface area contributed by atoms with Crippen LogP contribution >= 0.6 is 34.0 Å². The molecule has 3 aromatic heterocycles. The van der Waals surface area contributed by atoms with Gasteiger partial charge in [-0.05, 0) is 39.8 Å². The Morgan fingerprint density at radius 2 is 1.47 bits per heavy atom. The van der Waals surface area contributed by atoms with Gasteiger partial charge < -0.3 is 15.5 Å². The number of para-hydroxylation sites is 1. The molecule has 2 N–H and O–H groups in total. The highest BCUT2D eigenvalue weighted by atomic mass is 32.1. The summed E-state index contributed by atoms with van der Waals surface area (Å²) in [5.74, 6) is 0.477. The SMILES string of the molecule is CCN(CC)c1nc(-c2sc(N(CC)CC)nc2N)c(/N=N/c2nc3ccccc3s2)s1. The van der Waals surface area contributed by atoms with Crippen LogP contribution in [0.15, 0.2) is 34.5 Å². The van der Waals surface area contributed by atoms with Gasteiger partial charge in [0.1, 0.15) is 16.4 Å². The van der Waals surface area contributed by atoms with Gasteiger partial charge in [0, 0.05) is 26.2 Å². The number of azo groups is 1. The number of nitrogen functional groups attached to an aromatic ring is 1. The summed E-state index contributed by atoms with van der Waals surface area (Å²) in [6, 6.07) is 7.99. The smallest absolute Gasteiger partial charge is 0.231 e. The fourth-order valence-corrected chi connectivity index (χ4v) is 6.23. The monoisotopic (exact) mass is 486 g/mol. The Balaban J connectivity index is 1.76. The molecule has 0 bridgehead atoms. The molecule has 1 aromatic carbocycles. The number of rotatable bonds is 9. The number of fused-ring (bicyclic) bond motifs is 1. The molecule has 8 nitrogen and oxygen atoms in total. The first-order chi connectivity index (χ1) is 15.6. The van der Waals surface area contributed by atoms with Crippen LogP contribution in [0, 0.1) is 0 Å². The second kappa shape index (κ2) is 9.88. The van der Waals surface area contributed by atoms with Gasteiger partial charge in [-0.1, -0.05) is 46.1 Å². The fraction of sp³-hybridized carbons (Fsp3) is 0.381. The van der Waals surface area contributed by atoms with Gasteiger partial charge in [0.05, 0.1) is 10.2 Å². The maximum atomic E-state index is 6.34. The molecule has 0 aliphatic heterocycles. The van der Waals surface area contributed by atoms with Crippen LogP contribution < -0.4 is 15.5 Å². The number of hydrogen-bond donors (Lipinski definition) is 1. The number of thiazole rings is 3. The van der Waals surface area contributed by atoms with E-state index in [0.29, 0.717) is 16.0 Å². The molecule has 11 heteroatoms. The van der Waals surface area contributed by atoms with Gasteiger partial charge in [0.25, 0.3) is 0 Å². The number of benzene rings is 1. The molecule has 0 amide bonds. The van der Waals surface area contributed by atoms with E-state index in [9.17, 15) is 0 Å². The van der Waals surface area contributed by atoms with E-state index < -0.39 is 0 Å². The minimum absolute atomic E-state index is 0.477. The molecule has 0 radical (unpaired) electrons. The Bertz CT molecular complexity index is 1180. The first-order valence-electron chi connectivity index (χ1n) is 10.6. The lowest BCUT2D eigenvalue weighted by molar-refractivity contribution is 0.860. The van der Waals surface area contributed by atoms with Gasteiger partial charge in [-0.15, -0.1) is 10.2 Å². The van der Waals surface area contributed by atoms with Gasteiger partial charge in [-0.3, -0.25) is 0 Å². The van der Waals surface area contributed by atoms with Crippen molar-refractivity contribution in [1.29, 1.82) is 0 Å². The van der Waals surface area contributed by atoms with Crippen molar-refractivity contribution < 1.29 is 0 Å². The second-order valence-corrected chi connectivity index (χ2v) is 9.81. The van der Waals surface area contributed by atoms with Crippen LogP contribution in [0.2, 0.25) is 0 Å². The molecule has 0 atom stereocenters. The Labute approximate surface area is 199 Å². The second-order valence-electron chi connectivity index (χ2n) is 6.87. The van der Waals surface area contributed by atoms with Crippen molar-refractivity contribution >= 4 is 70.4 Å². The largest absolute Gasteiger partial charge is 0.382 e. The van der Waals surface area contributed by atoms with Crippen LogP contribution in [-0.2, 0) is 0 Å². The third-order valence-electron chi connectivity index (χ3n) is 5.03. The van der Waals surface area contributed by atoms with E-state index in [1.807, 2.05) is 24.3 Å². The lowest BCUT2D eigenvalue weighted by Crippen LogP contribution is -2.21. The predicted molar refractivity (Wildman–Crippen MR) is 139 cm³/mol. The molecule has 0 saturated carbocycles. The van der Waals surface area contributed by atoms with E-state index >= 15 is 0 Å². The zero-order valence-corrected chi connectivity index (χ0v) is 21.0. The number of aromatic nitrogens is 3. The van der Waals surface area contributed by atoms with Crippen molar-refractivity contribution in [3.8, 4) is 10.6 Å². The van der Waals surface area contributed by atoms with E-state index in [4.69, 9.17) is 10.7 Å². The van der Waals surface area contributed by atoms with Crippen molar-refractivity contribution in [1.82, 2.24) is 15.0 Å². The van der Waals surface area contributed by atoms with Crippen LogP contribution in [0.1, 0.15) is 27.7 Å². The Morgan fingerprint density at radius 3 is 2.12 bits per heavy atom.